The molecular weight excluding hydrogens is 249 g/mol. The maximum absolute atomic E-state index is 13.4. The number of amides is 1. The molecule has 0 bridgehead atoms. The second-order valence-electron chi connectivity index (χ2n) is 4.20. The summed E-state index contributed by atoms with van der Waals surface area (Å²) in [7, 11) is 0. The lowest BCUT2D eigenvalue weighted by Gasteiger charge is -2.09. The smallest absolute Gasteiger partial charge is 0.229 e. The van der Waals surface area contributed by atoms with E-state index in [1.807, 2.05) is 0 Å². The maximum atomic E-state index is 13.4. The molecule has 1 aliphatic heterocycles. The molecule has 19 heavy (non-hydrogen) atoms. The molecule has 1 heterocycles. The largest absolute Gasteiger partial charge is 0.384 e. The predicted octanol–water partition coefficient (Wildman–Crippen LogP) is 1.14. The number of carbonyl (C=O) groups excluding carboxylic acids is 1. The van der Waals surface area contributed by atoms with Gasteiger partial charge in [-0.25, -0.2) is 4.39 Å². The molecule has 0 saturated carbocycles. The normalized spacial score (nSPS) is 17.7. The number of carbonyl (C=O) groups is 1. The number of hydrogen-bond acceptors (Lipinski definition) is 3. The molecule has 0 aromatic heterocycles. The van der Waals surface area contributed by atoms with Crippen LogP contribution in [-0.4, -0.2) is 30.8 Å². The van der Waals surface area contributed by atoms with Crippen LogP contribution in [0.2, 0.25) is 0 Å². The molecule has 1 aromatic rings. The number of ether oxygens (including phenoxy) is 1. The summed E-state index contributed by atoms with van der Waals surface area (Å²) in [6.07, 6.45) is 0.699. The summed E-state index contributed by atoms with van der Waals surface area (Å²) in [4.78, 5) is 11.9. The van der Waals surface area contributed by atoms with Crippen molar-refractivity contribution in [3.63, 3.8) is 0 Å². The zero-order valence-electron chi connectivity index (χ0n) is 10.3. The Kier molecular flexibility index (Phi) is 4.50. The lowest BCUT2D eigenvalue weighted by atomic mass is 10.1. The van der Waals surface area contributed by atoms with Gasteiger partial charge < -0.3 is 15.2 Å². The fourth-order valence-corrected chi connectivity index (χ4v) is 1.82. The monoisotopic (exact) mass is 263 g/mol. The first-order valence-electron chi connectivity index (χ1n) is 5.98. The van der Waals surface area contributed by atoms with Gasteiger partial charge in [0.25, 0.3) is 0 Å². The zero-order valence-corrected chi connectivity index (χ0v) is 10.3. The third-order valence-electron chi connectivity index (χ3n) is 2.84. The van der Waals surface area contributed by atoms with Crippen molar-refractivity contribution in [2.24, 2.45) is 5.92 Å². The van der Waals surface area contributed by atoms with E-state index in [1.165, 1.54) is 18.2 Å². The summed E-state index contributed by atoms with van der Waals surface area (Å²) in [5.41, 5.74) is 0.634. The van der Waals surface area contributed by atoms with Crippen molar-refractivity contribution in [1.29, 1.82) is 0 Å². The molecule has 0 spiro atoms. The minimum atomic E-state index is -0.483. The van der Waals surface area contributed by atoms with Crippen molar-refractivity contribution in [3.8, 4) is 11.8 Å². The van der Waals surface area contributed by atoms with E-state index in [-0.39, 0.29) is 24.0 Å². The predicted molar refractivity (Wildman–Crippen MR) is 67.9 cm³/mol. The number of nitrogens with one attached hydrogen (secondary N) is 1. The highest BCUT2D eigenvalue weighted by Crippen LogP contribution is 2.18. The molecule has 100 valence electrons. The van der Waals surface area contributed by atoms with Crippen molar-refractivity contribution >= 4 is 11.6 Å². The second kappa shape index (κ2) is 6.32. The Bertz CT molecular complexity index is 527. The van der Waals surface area contributed by atoms with Gasteiger partial charge in [0.15, 0.2) is 0 Å². The van der Waals surface area contributed by atoms with Gasteiger partial charge in [0.2, 0.25) is 5.91 Å². The summed E-state index contributed by atoms with van der Waals surface area (Å²) in [5.74, 6) is 4.10. The second-order valence-corrected chi connectivity index (χ2v) is 4.20. The molecule has 0 radical (unpaired) electrons. The van der Waals surface area contributed by atoms with Crippen molar-refractivity contribution in [1.82, 2.24) is 0 Å². The lowest BCUT2D eigenvalue weighted by molar-refractivity contribution is -0.119. The number of rotatable bonds is 2. The fourth-order valence-electron chi connectivity index (χ4n) is 1.82. The maximum Gasteiger partial charge on any atom is 0.229 e. The van der Waals surface area contributed by atoms with Crippen molar-refractivity contribution in [2.45, 2.75) is 6.42 Å². The van der Waals surface area contributed by atoms with Gasteiger partial charge in [-0.1, -0.05) is 11.8 Å². The van der Waals surface area contributed by atoms with Crippen LogP contribution in [0.15, 0.2) is 18.2 Å². The summed E-state index contributed by atoms with van der Waals surface area (Å²) < 4.78 is 18.6. The average Bonchev–Trinajstić information content (AvgIpc) is 2.93. The number of benzene rings is 1. The highest BCUT2D eigenvalue weighted by atomic mass is 19.1. The summed E-state index contributed by atoms with van der Waals surface area (Å²) >= 11 is 0. The van der Waals surface area contributed by atoms with E-state index in [4.69, 9.17) is 9.84 Å². The van der Waals surface area contributed by atoms with Crippen molar-refractivity contribution in [3.05, 3.63) is 29.6 Å². The van der Waals surface area contributed by atoms with Crippen LogP contribution in [-0.2, 0) is 9.53 Å². The summed E-state index contributed by atoms with van der Waals surface area (Å²) in [6, 6.07) is 4.17. The molecule has 1 saturated heterocycles. The summed E-state index contributed by atoms with van der Waals surface area (Å²) in [5, 5.41) is 11.3. The van der Waals surface area contributed by atoms with Gasteiger partial charge in [0.1, 0.15) is 12.4 Å². The van der Waals surface area contributed by atoms with Gasteiger partial charge in [0, 0.05) is 12.3 Å². The Morgan fingerprint density at radius 2 is 2.42 bits per heavy atom. The van der Waals surface area contributed by atoms with Crippen LogP contribution in [0.3, 0.4) is 0 Å². The van der Waals surface area contributed by atoms with Crippen LogP contribution >= 0.6 is 0 Å². The van der Waals surface area contributed by atoms with Crippen LogP contribution in [0.1, 0.15) is 12.0 Å². The third kappa shape index (κ3) is 3.53. The number of anilines is 1. The van der Waals surface area contributed by atoms with Crippen LogP contribution in [0, 0.1) is 23.6 Å². The third-order valence-corrected chi connectivity index (χ3v) is 2.84. The molecule has 5 heteroatoms. The van der Waals surface area contributed by atoms with Crippen LogP contribution in [0.4, 0.5) is 10.1 Å². The molecule has 1 amide bonds. The van der Waals surface area contributed by atoms with Crippen LogP contribution in [0.25, 0.3) is 0 Å². The van der Waals surface area contributed by atoms with Crippen molar-refractivity contribution < 1.29 is 19.0 Å². The molecule has 2 N–H and O–H groups in total. The van der Waals surface area contributed by atoms with E-state index >= 15 is 0 Å². The van der Waals surface area contributed by atoms with E-state index in [9.17, 15) is 9.18 Å². The highest BCUT2D eigenvalue weighted by Gasteiger charge is 2.23. The SMILES string of the molecule is O=C(Nc1ccc(F)c(C#CCO)c1)C1CCOC1. The summed E-state index contributed by atoms with van der Waals surface area (Å²) in [6.45, 7) is 0.675. The molecule has 0 aliphatic carbocycles. The highest BCUT2D eigenvalue weighted by molar-refractivity contribution is 5.92. The Morgan fingerprint density at radius 1 is 1.58 bits per heavy atom. The Morgan fingerprint density at radius 3 is 3.11 bits per heavy atom. The van der Waals surface area contributed by atoms with E-state index in [2.05, 4.69) is 17.2 Å². The zero-order chi connectivity index (χ0) is 13.7. The molecule has 4 nitrogen and oxygen atoms in total. The number of aliphatic hydroxyl groups excluding tert-OH is 1. The van der Waals surface area contributed by atoms with Gasteiger partial charge >= 0.3 is 0 Å². The van der Waals surface area contributed by atoms with E-state index in [0.29, 0.717) is 25.3 Å². The van der Waals surface area contributed by atoms with E-state index in [1.54, 1.807) is 0 Å². The molecule has 1 aromatic carbocycles. The lowest BCUT2D eigenvalue weighted by Crippen LogP contribution is -2.22. The minimum Gasteiger partial charge on any atom is -0.384 e. The first-order chi connectivity index (χ1) is 9.20. The Hall–Kier alpha value is -1.90. The number of aliphatic hydroxyl groups is 1. The van der Waals surface area contributed by atoms with E-state index in [0.717, 1.165) is 0 Å². The molecule has 1 atom stereocenters. The van der Waals surface area contributed by atoms with Gasteiger partial charge in [-0.15, -0.1) is 0 Å². The van der Waals surface area contributed by atoms with Crippen LogP contribution < -0.4 is 5.32 Å². The van der Waals surface area contributed by atoms with Gasteiger partial charge in [-0.05, 0) is 24.6 Å². The fraction of sp³-hybridized carbons (Fsp3) is 0.357. The molecule has 1 fully saturated rings. The number of halogens is 1. The first kappa shape index (κ1) is 13.5. The molecule has 1 aliphatic rings. The molecule has 1 unspecified atom stereocenters. The van der Waals surface area contributed by atoms with E-state index < -0.39 is 5.82 Å². The van der Waals surface area contributed by atoms with Gasteiger partial charge in [0.05, 0.1) is 18.1 Å². The molecular formula is C14H14FNO3. The van der Waals surface area contributed by atoms with Gasteiger partial charge in [-0.2, -0.15) is 0 Å². The van der Waals surface area contributed by atoms with Crippen molar-refractivity contribution in [2.75, 3.05) is 25.1 Å². The Labute approximate surface area is 110 Å². The van der Waals surface area contributed by atoms with Gasteiger partial charge in [-0.3, -0.25) is 4.79 Å². The molecule has 2 rings (SSSR count). The van der Waals surface area contributed by atoms with Crippen LogP contribution in [0.5, 0.6) is 0 Å². The number of hydrogen-bond donors (Lipinski definition) is 2. The Balaban J connectivity index is 2.10. The standard InChI is InChI=1S/C14H14FNO3/c15-13-4-3-12(8-10(13)2-1-6-17)16-14(18)11-5-7-19-9-11/h3-4,8,11,17H,5-7,9H2,(H,16,18). The quantitative estimate of drug-likeness (QED) is 0.787. The average molecular weight is 263 g/mol. The topological polar surface area (TPSA) is 58.6 Å². The minimum absolute atomic E-state index is 0.134. The first-order valence-corrected chi connectivity index (χ1v) is 5.98.